The molecular weight excluding hydrogens is 238 g/mol. The summed E-state index contributed by atoms with van der Waals surface area (Å²) in [6, 6.07) is 11.0. The zero-order valence-electron chi connectivity index (χ0n) is 11.1. The van der Waals surface area contributed by atoms with Gasteiger partial charge >= 0.3 is 0 Å². The molecule has 1 aromatic heterocycles. The molecule has 0 aliphatic carbocycles. The SMILES string of the molecule is Cc1cccc(NC(C(N)=O)c2ccc(C)nc2)c1. The standard InChI is InChI=1S/C15H17N3O/c1-10-4-3-5-13(8-10)18-14(15(16)19)12-7-6-11(2)17-9-12/h3-9,14,18H,1-2H3,(H2,16,19). The number of benzene rings is 1. The Hall–Kier alpha value is -2.36. The van der Waals surface area contributed by atoms with Crippen LogP contribution in [0, 0.1) is 13.8 Å². The van der Waals surface area contributed by atoms with Crippen molar-refractivity contribution in [3.05, 3.63) is 59.4 Å². The molecule has 19 heavy (non-hydrogen) atoms. The van der Waals surface area contributed by atoms with Crippen LogP contribution in [0.4, 0.5) is 5.69 Å². The topological polar surface area (TPSA) is 68.0 Å². The highest BCUT2D eigenvalue weighted by atomic mass is 16.1. The second-order valence-corrected chi connectivity index (χ2v) is 4.58. The summed E-state index contributed by atoms with van der Waals surface area (Å²) in [5.74, 6) is -0.424. The molecule has 1 heterocycles. The van der Waals surface area contributed by atoms with Gasteiger partial charge in [0.05, 0.1) is 0 Å². The molecule has 4 nitrogen and oxygen atoms in total. The van der Waals surface area contributed by atoms with Gasteiger partial charge in [0.25, 0.3) is 0 Å². The third-order valence-corrected chi connectivity index (χ3v) is 2.88. The zero-order chi connectivity index (χ0) is 13.8. The van der Waals surface area contributed by atoms with Gasteiger partial charge < -0.3 is 11.1 Å². The molecule has 3 N–H and O–H groups in total. The van der Waals surface area contributed by atoms with E-state index in [4.69, 9.17) is 5.73 Å². The minimum Gasteiger partial charge on any atom is -0.370 e. The Balaban J connectivity index is 2.26. The van der Waals surface area contributed by atoms with E-state index in [1.807, 2.05) is 50.2 Å². The first kappa shape index (κ1) is 13.1. The number of nitrogens with two attached hydrogens (primary N) is 1. The number of pyridine rings is 1. The van der Waals surface area contributed by atoms with Crippen LogP contribution in [0.15, 0.2) is 42.6 Å². The first-order valence-electron chi connectivity index (χ1n) is 6.11. The summed E-state index contributed by atoms with van der Waals surface area (Å²) in [7, 11) is 0. The lowest BCUT2D eigenvalue weighted by molar-refractivity contribution is -0.118. The Bertz CT molecular complexity index is 578. The van der Waals surface area contributed by atoms with E-state index in [-0.39, 0.29) is 0 Å². The van der Waals surface area contributed by atoms with Crippen LogP contribution in [0.1, 0.15) is 22.9 Å². The van der Waals surface area contributed by atoms with Crippen molar-refractivity contribution in [3.63, 3.8) is 0 Å². The second-order valence-electron chi connectivity index (χ2n) is 4.58. The fourth-order valence-corrected chi connectivity index (χ4v) is 1.87. The summed E-state index contributed by atoms with van der Waals surface area (Å²) < 4.78 is 0. The van der Waals surface area contributed by atoms with Crippen LogP contribution in [0.5, 0.6) is 0 Å². The van der Waals surface area contributed by atoms with E-state index >= 15 is 0 Å². The number of rotatable bonds is 4. The molecule has 98 valence electrons. The van der Waals surface area contributed by atoms with Crippen LogP contribution in [0.2, 0.25) is 0 Å². The van der Waals surface area contributed by atoms with E-state index in [1.54, 1.807) is 6.20 Å². The van der Waals surface area contributed by atoms with Crippen LogP contribution < -0.4 is 11.1 Å². The van der Waals surface area contributed by atoms with E-state index in [9.17, 15) is 4.79 Å². The predicted molar refractivity (Wildman–Crippen MR) is 75.7 cm³/mol. The zero-order valence-corrected chi connectivity index (χ0v) is 11.1. The van der Waals surface area contributed by atoms with Crippen LogP contribution in [0.3, 0.4) is 0 Å². The lowest BCUT2D eigenvalue weighted by Crippen LogP contribution is -2.27. The van der Waals surface area contributed by atoms with Gasteiger partial charge in [-0.15, -0.1) is 0 Å². The minimum absolute atomic E-state index is 0.424. The van der Waals surface area contributed by atoms with Gasteiger partial charge in [-0.2, -0.15) is 0 Å². The highest BCUT2D eigenvalue weighted by molar-refractivity contribution is 5.84. The van der Waals surface area contributed by atoms with Crippen molar-refractivity contribution < 1.29 is 4.79 Å². The molecule has 0 bridgehead atoms. The lowest BCUT2D eigenvalue weighted by atomic mass is 10.1. The number of hydrogen-bond donors (Lipinski definition) is 2. The fourth-order valence-electron chi connectivity index (χ4n) is 1.87. The summed E-state index contributed by atoms with van der Waals surface area (Å²) >= 11 is 0. The Morgan fingerprint density at radius 2 is 2.05 bits per heavy atom. The molecule has 0 radical (unpaired) electrons. The normalized spacial score (nSPS) is 11.9. The third kappa shape index (κ3) is 3.31. The number of carbonyl (C=O) groups is 1. The van der Waals surface area contributed by atoms with Gasteiger partial charge in [0, 0.05) is 23.1 Å². The molecule has 1 amide bonds. The number of primary amides is 1. The van der Waals surface area contributed by atoms with Gasteiger partial charge in [0.15, 0.2) is 0 Å². The summed E-state index contributed by atoms with van der Waals surface area (Å²) in [5, 5.41) is 3.14. The van der Waals surface area contributed by atoms with Crippen molar-refractivity contribution in [1.82, 2.24) is 4.98 Å². The summed E-state index contributed by atoms with van der Waals surface area (Å²) in [6.45, 7) is 3.90. The number of aromatic nitrogens is 1. The van der Waals surface area contributed by atoms with Crippen LogP contribution in [-0.2, 0) is 4.79 Å². The van der Waals surface area contributed by atoms with Gasteiger partial charge in [-0.05, 0) is 37.6 Å². The van der Waals surface area contributed by atoms with Crippen molar-refractivity contribution in [2.24, 2.45) is 5.73 Å². The molecule has 1 unspecified atom stereocenters. The Labute approximate surface area is 112 Å². The maximum atomic E-state index is 11.6. The third-order valence-electron chi connectivity index (χ3n) is 2.88. The molecule has 0 aliphatic rings. The van der Waals surface area contributed by atoms with Gasteiger partial charge in [-0.25, -0.2) is 0 Å². The molecule has 0 saturated heterocycles. The van der Waals surface area contributed by atoms with Crippen LogP contribution in [-0.4, -0.2) is 10.9 Å². The molecule has 4 heteroatoms. The highest BCUT2D eigenvalue weighted by Crippen LogP contribution is 2.19. The molecule has 0 spiro atoms. The fraction of sp³-hybridized carbons (Fsp3) is 0.200. The van der Waals surface area contributed by atoms with E-state index in [2.05, 4.69) is 10.3 Å². The van der Waals surface area contributed by atoms with Gasteiger partial charge in [0.2, 0.25) is 5.91 Å². The smallest absolute Gasteiger partial charge is 0.244 e. The van der Waals surface area contributed by atoms with Crippen molar-refractivity contribution in [3.8, 4) is 0 Å². The Morgan fingerprint density at radius 1 is 1.26 bits per heavy atom. The van der Waals surface area contributed by atoms with Crippen molar-refractivity contribution in [2.75, 3.05) is 5.32 Å². The van der Waals surface area contributed by atoms with E-state index < -0.39 is 11.9 Å². The van der Waals surface area contributed by atoms with Gasteiger partial charge in [0.1, 0.15) is 6.04 Å². The largest absolute Gasteiger partial charge is 0.370 e. The minimum atomic E-state index is -0.574. The maximum absolute atomic E-state index is 11.6. The van der Waals surface area contributed by atoms with Gasteiger partial charge in [-0.1, -0.05) is 18.2 Å². The predicted octanol–water partition coefficient (Wildman–Crippen LogP) is 2.34. The van der Waals surface area contributed by atoms with Crippen molar-refractivity contribution in [2.45, 2.75) is 19.9 Å². The second kappa shape index (κ2) is 5.52. The summed E-state index contributed by atoms with van der Waals surface area (Å²) in [6.07, 6.45) is 1.67. The van der Waals surface area contributed by atoms with Crippen LogP contribution in [0.25, 0.3) is 0 Å². The molecule has 1 atom stereocenters. The monoisotopic (exact) mass is 255 g/mol. The molecular formula is C15H17N3O. The molecule has 0 aliphatic heterocycles. The summed E-state index contributed by atoms with van der Waals surface area (Å²) in [4.78, 5) is 15.8. The number of hydrogen-bond acceptors (Lipinski definition) is 3. The molecule has 2 rings (SSSR count). The Morgan fingerprint density at radius 3 is 2.63 bits per heavy atom. The quantitative estimate of drug-likeness (QED) is 0.881. The first-order chi connectivity index (χ1) is 9.06. The lowest BCUT2D eigenvalue weighted by Gasteiger charge is -2.17. The van der Waals surface area contributed by atoms with E-state index in [0.29, 0.717) is 0 Å². The number of nitrogens with one attached hydrogen (secondary N) is 1. The average molecular weight is 255 g/mol. The van der Waals surface area contributed by atoms with Gasteiger partial charge in [-0.3, -0.25) is 9.78 Å². The molecule has 2 aromatic rings. The molecule has 0 saturated carbocycles. The van der Waals surface area contributed by atoms with E-state index in [0.717, 1.165) is 22.5 Å². The maximum Gasteiger partial charge on any atom is 0.244 e. The number of carbonyl (C=O) groups excluding carboxylic acids is 1. The number of anilines is 1. The van der Waals surface area contributed by atoms with E-state index in [1.165, 1.54) is 0 Å². The highest BCUT2D eigenvalue weighted by Gasteiger charge is 2.17. The number of aryl methyl sites for hydroxylation is 2. The number of amides is 1. The number of nitrogens with zero attached hydrogens (tertiary/aromatic N) is 1. The van der Waals surface area contributed by atoms with Crippen LogP contribution >= 0.6 is 0 Å². The summed E-state index contributed by atoms with van der Waals surface area (Å²) in [5.41, 5.74) is 9.12. The first-order valence-corrected chi connectivity index (χ1v) is 6.11. The van der Waals surface area contributed by atoms with Crippen molar-refractivity contribution >= 4 is 11.6 Å². The molecule has 1 aromatic carbocycles. The molecule has 0 fully saturated rings. The van der Waals surface area contributed by atoms with Crippen molar-refractivity contribution in [1.29, 1.82) is 0 Å². The Kier molecular flexibility index (Phi) is 3.80. The average Bonchev–Trinajstić information content (AvgIpc) is 2.37.